The van der Waals surface area contributed by atoms with Crippen LogP contribution in [-0.4, -0.2) is 25.5 Å². The molecule has 0 radical (unpaired) electrons. The smallest absolute Gasteiger partial charge is 0.270 e. The summed E-state index contributed by atoms with van der Waals surface area (Å²) in [6.45, 7) is 3.55. The summed E-state index contributed by atoms with van der Waals surface area (Å²) in [5.74, 6) is 1.09. The minimum atomic E-state index is -0.456. The van der Waals surface area contributed by atoms with Gasteiger partial charge in [-0.05, 0) is 37.3 Å². The zero-order chi connectivity index (χ0) is 16.8. The molecule has 0 bridgehead atoms. The van der Waals surface area contributed by atoms with Gasteiger partial charge in [0.25, 0.3) is 5.69 Å². The summed E-state index contributed by atoms with van der Waals surface area (Å²) in [7, 11) is 1.86. The summed E-state index contributed by atoms with van der Waals surface area (Å²) in [4.78, 5) is 22.6. The molecule has 0 N–H and O–H groups in total. The van der Waals surface area contributed by atoms with Crippen LogP contribution in [-0.2, 0) is 12.5 Å². The van der Waals surface area contributed by atoms with Crippen molar-refractivity contribution in [3.63, 3.8) is 0 Å². The van der Waals surface area contributed by atoms with Crippen molar-refractivity contribution in [2.24, 2.45) is 13.0 Å². The van der Waals surface area contributed by atoms with Crippen LogP contribution in [0, 0.1) is 16.0 Å². The Kier molecular flexibility index (Phi) is 3.50. The van der Waals surface area contributed by atoms with E-state index < -0.39 is 10.3 Å². The molecule has 3 rings (SSSR count). The number of aryl methyl sites for hydroxylation is 1. The Balaban J connectivity index is 2.20. The highest BCUT2D eigenvalue weighted by molar-refractivity contribution is 5.95. The van der Waals surface area contributed by atoms with Crippen LogP contribution >= 0.6 is 0 Å². The van der Waals surface area contributed by atoms with Gasteiger partial charge in [0.1, 0.15) is 12.2 Å². The van der Waals surface area contributed by atoms with Crippen molar-refractivity contribution >= 4 is 11.5 Å². The maximum absolute atomic E-state index is 11.8. The Morgan fingerprint density at radius 3 is 2.57 bits per heavy atom. The zero-order valence-corrected chi connectivity index (χ0v) is 13.3. The predicted molar refractivity (Wildman–Crippen MR) is 83.3 cm³/mol. The molecule has 7 nitrogen and oxygen atoms in total. The Bertz CT molecular complexity index is 758. The number of carbonyl (C=O) groups excluding carboxylic acids is 1. The normalized spacial score (nSPS) is 23.3. The van der Waals surface area contributed by atoms with Crippen molar-refractivity contribution in [2.75, 3.05) is 0 Å². The largest absolute Gasteiger partial charge is 0.320 e. The number of ketones is 1. The summed E-state index contributed by atoms with van der Waals surface area (Å²) in [6.07, 6.45) is 3.29. The number of Topliss-reactive ketones (excluding diaryl/α,β-unsaturated/α-hetero) is 1. The van der Waals surface area contributed by atoms with E-state index in [1.54, 1.807) is 18.5 Å². The first kappa shape index (κ1) is 15.3. The SMILES string of the molecule is CC(=O)c1cc([N+](=O)[O-])cc(C2(c3nncn3C)CC(C)C2)c1. The topological polar surface area (TPSA) is 90.9 Å². The molecule has 1 aliphatic rings. The van der Waals surface area contributed by atoms with Crippen LogP contribution in [0.5, 0.6) is 0 Å². The molecular weight excluding hydrogens is 296 g/mol. The van der Waals surface area contributed by atoms with Gasteiger partial charge in [0.15, 0.2) is 5.78 Å². The molecule has 0 saturated heterocycles. The van der Waals surface area contributed by atoms with Crippen LogP contribution in [0.15, 0.2) is 24.5 Å². The van der Waals surface area contributed by atoms with Crippen molar-refractivity contribution in [1.82, 2.24) is 14.8 Å². The first-order valence-corrected chi connectivity index (χ1v) is 7.49. The van der Waals surface area contributed by atoms with Gasteiger partial charge in [-0.15, -0.1) is 10.2 Å². The van der Waals surface area contributed by atoms with E-state index in [1.165, 1.54) is 13.0 Å². The van der Waals surface area contributed by atoms with Crippen LogP contribution in [0.2, 0.25) is 0 Å². The van der Waals surface area contributed by atoms with E-state index in [-0.39, 0.29) is 11.5 Å². The summed E-state index contributed by atoms with van der Waals surface area (Å²) in [6, 6.07) is 4.65. The molecule has 1 aromatic heterocycles. The molecule has 120 valence electrons. The van der Waals surface area contributed by atoms with Gasteiger partial charge in [0.05, 0.1) is 10.3 Å². The predicted octanol–water partition coefficient (Wildman–Crippen LogP) is 2.64. The monoisotopic (exact) mass is 314 g/mol. The van der Waals surface area contributed by atoms with E-state index in [2.05, 4.69) is 17.1 Å². The highest BCUT2D eigenvalue weighted by Crippen LogP contribution is 2.52. The van der Waals surface area contributed by atoms with Crippen molar-refractivity contribution in [1.29, 1.82) is 0 Å². The second kappa shape index (κ2) is 5.26. The van der Waals surface area contributed by atoms with E-state index in [0.29, 0.717) is 11.5 Å². The number of aromatic nitrogens is 3. The van der Waals surface area contributed by atoms with E-state index in [9.17, 15) is 14.9 Å². The molecule has 0 amide bonds. The first-order valence-electron chi connectivity index (χ1n) is 7.49. The number of rotatable bonds is 4. The van der Waals surface area contributed by atoms with Crippen molar-refractivity contribution in [3.8, 4) is 0 Å². The molecular formula is C16H18N4O3. The van der Waals surface area contributed by atoms with Crippen LogP contribution in [0.4, 0.5) is 5.69 Å². The summed E-state index contributed by atoms with van der Waals surface area (Å²) in [5.41, 5.74) is 0.649. The lowest BCUT2D eigenvalue weighted by atomic mass is 9.58. The molecule has 2 aromatic rings. The standard InChI is InChI=1S/C16H18N4O3/c1-10-7-16(8-10,15-18-17-9-19(15)3)13-4-12(11(2)21)5-14(6-13)20(22)23/h4-6,9-10H,7-8H2,1-3H3. The fourth-order valence-electron chi connectivity index (χ4n) is 3.59. The third-order valence-corrected chi connectivity index (χ3v) is 4.62. The average Bonchev–Trinajstić information content (AvgIpc) is 2.89. The highest BCUT2D eigenvalue weighted by atomic mass is 16.6. The first-order chi connectivity index (χ1) is 10.8. The van der Waals surface area contributed by atoms with Gasteiger partial charge in [0, 0.05) is 24.7 Å². The number of hydrogen-bond acceptors (Lipinski definition) is 5. The van der Waals surface area contributed by atoms with Crippen molar-refractivity contribution in [3.05, 3.63) is 51.6 Å². The molecule has 23 heavy (non-hydrogen) atoms. The lowest BCUT2D eigenvalue weighted by Gasteiger charge is -2.46. The lowest BCUT2D eigenvalue weighted by Crippen LogP contribution is -2.43. The van der Waals surface area contributed by atoms with E-state index >= 15 is 0 Å². The molecule has 1 fully saturated rings. The molecule has 0 spiro atoms. The minimum absolute atomic E-state index is 0.0613. The quantitative estimate of drug-likeness (QED) is 0.491. The maximum atomic E-state index is 11.8. The number of nitrogens with zero attached hydrogens (tertiary/aromatic N) is 4. The molecule has 1 heterocycles. The lowest BCUT2D eigenvalue weighted by molar-refractivity contribution is -0.385. The molecule has 1 saturated carbocycles. The van der Waals surface area contributed by atoms with Crippen LogP contribution < -0.4 is 0 Å². The Morgan fingerprint density at radius 1 is 1.39 bits per heavy atom. The van der Waals surface area contributed by atoms with Crippen molar-refractivity contribution < 1.29 is 9.72 Å². The van der Waals surface area contributed by atoms with Crippen molar-refractivity contribution in [2.45, 2.75) is 32.1 Å². The molecule has 0 atom stereocenters. The maximum Gasteiger partial charge on any atom is 0.270 e. The minimum Gasteiger partial charge on any atom is -0.320 e. The number of benzene rings is 1. The number of hydrogen-bond donors (Lipinski definition) is 0. The van der Waals surface area contributed by atoms with Gasteiger partial charge < -0.3 is 4.57 Å². The van der Waals surface area contributed by atoms with Gasteiger partial charge in [-0.3, -0.25) is 14.9 Å². The van der Waals surface area contributed by atoms with Crippen LogP contribution in [0.3, 0.4) is 0 Å². The zero-order valence-electron chi connectivity index (χ0n) is 13.3. The van der Waals surface area contributed by atoms with E-state index in [1.807, 2.05) is 11.6 Å². The summed E-state index contributed by atoms with van der Waals surface area (Å²) < 4.78 is 1.85. The average molecular weight is 314 g/mol. The third-order valence-electron chi connectivity index (χ3n) is 4.62. The number of carbonyl (C=O) groups is 1. The van der Waals surface area contributed by atoms with E-state index in [0.717, 1.165) is 24.2 Å². The summed E-state index contributed by atoms with van der Waals surface area (Å²) >= 11 is 0. The Hall–Kier alpha value is -2.57. The fourth-order valence-corrected chi connectivity index (χ4v) is 3.59. The molecule has 1 aromatic carbocycles. The van der Waals surface area contributed by atoms with Gasteiger partial charge in [0.2, 0.25) is 0 Å². The molecule has 0 aliphatic heterocycles. The van der Waals surface area contributed by atoms with Gasteiger partial charge in [-0.2, -0.15) is 0 Å². The Labute approximate surface area is 133 Å². The van der Waals surface area contributed by atoms with E-state index in [4.69, 9.17) is 0 Å². The number of nitro benzene ring substituents is 1. The van der Waals surface area contributed by atoms with Gasteiger partial charge in [-0.1, -0.05) is 6.92 Å². The summed E-state index contributed by atoms with van der Waals surface area (Å²) in [5, 5.41) is 19.4. The van der Waals surface area contributed by atoms with Gasteiger partial charge >= 0.3 is 0 Å². The Morgan fingerprint density at radius 2 is 2.09 bits per heavy atom. The number of nitro groups is 1. The molecule has 7 heteroatoms. The second-order valence-electron chi connectivity index (χ2n) is 6.44. The van der Waals surface area contributed by atoms with Crippen LogP contribution in [0.1, 0.15) is 48.4 Å². The molecule has 0 unspecified atom stereocenters. The fraction of sp³-hybridized carbons (Fsp3) is 0.438. The van der Waals surface area contributed by atoms with Crippen LogP contribution in [0.25, 0.3) is 0 Å². The molecule has 1 aliphatic carbocycles. The second-order valence-corrected chi connectivity index (χ2v) is 6.44. The third kappa shape index (κ3) is 2.42. The highest BCUT2D eigenvalue weighted by Gasteiger charge is 2.48. The van der Waals surface area contributed by atoms with Gasteiger partial charge in [-0.25, -0.2) is 0 Å². The number of non-ortho nitro benzene ring substituents is 1.